The van der Waals surface area contributed by atoms with Crippen LogP contribution in [0.3, 0.4) is 0 Å². The molecule has 0 aliphatic carbocycles. The van der Waals surface area contributed by atoms with Gasteiger partial charge < -0.3 is 14.8 Å². The van der Waals surface area contributed by atoms with Gasteiger partial charge in [0, 0.05) is 23.0 Å². The first kappa shape index (κ1) is 35.5. The van der Waals surface area contributed by atoms with Gasteiger partial charge in [0.1, 0.15) is 17.8 Å². The fourth-order valence-corrected chi connectivity index (χ4v) is 5.71. The van der Waals surface area contributed by atoms with E-state index in [9.17, 15) is 35.9 Å². The molecule has 0 saturated carbocycles. The summed E-state index contributed by atoms with van der Waals surface area (Å²) in [6.07, 6.45) is -7.35. The van der Waals surface area contributed by atoms with Crippen LogP contribution in [-0.2, 0) is 4.79 Å². The molecule has 1 unspecified atom stereocenters. The van der Waals surface area contributed by atoms with Crippen molar-refractivity contribution in [2.75, 3.05) is 23.8 Å². The highest BCUT2D eigenvalue weighted by Gasteiger charge is 2.35. The van der Waals surface area contributed by atoms with E-state index in [1.54, 1.807) is 12.1 Å². The zero-order valence-corrected chi connectivity index (χ0v) is 26.8. The summed E-state index contributed by atoms with van der Waals surface area (Å²) in [7, 11) is 0. The molecule has 5 rings (SSSR count). The van der Waals surface area contributed by atoms with Crippen LogP contribution in [0.4, 0.5) is 36.8 Å². The first-order valence-electron chi connectivity index (χ1n) is 14.4. The van der Waals surface area contributed by atoms with Crippen LogP contribution in [0.25, 0.3) is 17.1 Å². The minimum Gasteiger partial charge on any atom is -0.482 e. The molecular formula is C31H25ClF6N6O4S. The van der Waals surface area contributed by atoms with Gasteiger partial charge in [-0.1, -0.05) is 54.6 Å². The van der Waals surface area contributed by atoms with Crippen LogP contribution >= 0.6 is 23.4 Å². The van der Waals surface area contributed by atoms with Gasteiger partial charge in [-0.25, -0.2) is 14.5 Å². The van der Waals surface area contributed by atoms with E-state index >= 15 is 0 Å². The molecule has 1 fully saturated rings. The van der Waals surface area contributed by atoms with E-state index in [1.807, 2.05) is 19.1 Å². The quantitative estimate of drug-likeness (QED) is 0.166. The molecule has 3 amide bonds. The van der Waals surface area contributed by atoms with E-state index in [2.05, 4.69) is 25.1 Å². The number of hydrogen-bond acceptors (Lipinski definition) is 7. The molecule has 3 aromatic carbocycles. The van der Waals surface area contributed by atoms with Crippen molar-refractivity contribution < 1.29 is 45.4 Å². The van der Waals surface area contributed by atoms with Crippen molar-refractivity contribution in [2.45, 2.75) is 31.8 Å². The zero-order valence-electron chi connectivity index (χ0n) is 25.3. The SMILES string of the molecule is CCC(CNC(=O)N=C1SCC(=O)N1c1cc(Cl)ccc1OCC(F)(F)F)c1ccc(-c2ncn(-c3ccc(OC(F)(F)F)cc3)n2)cc1. The number of benzene rings is 3. The van der Waals surface area contributed by atoms with Crippen LogP contribution in [0, 0.1) is 0 Å². The number of halogens is 7. The number of aromatic nitrogens is 3. The van der Waals surface area contributed by atoms with Crippen LogP contribution < -0.4 is 19.7 Å². The number of rotatable bonds is 10. The maximum atomic E-state index is 12.8. The second-order valence-electron chi connectivity index (χ2n) is 10.4. The molecule has 0 radical (unpaired) electrons. The summed E-state index contributed by atoms with van der Waals surface area (Å²) in [5, 5.41) is 7.21. The van der Waals surface area contributed by atoms with Crippen LogP contribution in [0.2, 0.25) is 5.02 Å². The molecule has 1 N–H and O–H groups in total. The average molecular weight is 727 g/mol. The number of nitrogens with zero attached hydrogens (tertiary/aromatic N) is 5. The highest BCUT2D eigenvalue weighted by Crippen LogP contribution is 2.37. The fourth-order valence-electron chi connectivity index (χ4n) is 4.69. The molecule has 0 bridgehead atoms. The number of alkyl halides is 6. The van der Waals surface area contributed by atoms with E-state index in [-0.39, 0.29) is 45.6 Å². The van der Waals surface area contributed by atoms with Gasteiger partial charge in [-0.05, 0) is 54.4 Å². The maximum absolute atomic E-state index is 12.8. The molecule has 1 aliphatic rings. The third-order valence-electron chi connectivity index (χ3n) is 6.98. The minimum atomic E-state index is -4.80. The van der Waals surface area contributed by atoms with Gasteiger partial charge in [0.15, 0.2) is 17.6 Å². The van der Waals surface area contributed by atoms with E-state index < -0.39 is 31.1 Å². The van der Waals surface area contributed by atoms with Crippen molar-refractivity contribution in [3.63, 3.8) is 0 Å². The summed E-state index contributed by atoms with van der Waals surface area (Å²) >= 11 is 7.00. The summed E-state index contributed by atoms with van der Waals surface area (Å²) in [6.45, 7) is 0.520. The molecule has 49 heavy (non-hydrogen) atoms. The Labute approximate surface area is 284 Å². The van der Waals surface area contributed by atoms with Crippen molar-refractivity contribution in [1.29, 1.82) is 0 Å². The second kappa shape index (κ2) is 14.8. The molecule has 2 heterocycles. The van der Waals surface area contributed by atoms with Gasteiger partial charge in [0.05, 0.1) is 17.1 Å². The third-order valence-corrected chi connectivity index (χ3v) is 8.13. The molecule has 1 aliphatic heterocycles. The summed E-state index contributed by atoms with van der Waals surface area (Å²) in [5.74, 6) is -0.993. The number of hydrogen-bond donors (Lipinski definition) is 1. The van der Waals surface area contributed by atoms with Crippen molar-refractivity contribution in [2.24, 2.45) is 4.99 Å². The molecule has 18 heteroatoms. The summed E-state index contributed by atoms with van der Waals surface area (Å²) in [4.78, 5) is 34.9. The summed E-state index contributed by atoms with van der Waals surface area (Å²) in [6, 6.07) is 15.5. The lowest BCUT2D eigenvalue weighted by Crippen LogP contribution is -2.33. The molecule has 1 aromatic heterocycles. The van der Waals surface area contributed by atoms with E-state index in [1.165, 1.54) is 53.5 Å². The number of urea groups is 1. The van der Waals surface area contributed by atoms with Gasteiger partial charge >= 0.3 is 18.6 Å². The Morgan fingerprint density at radius 1 is 1.06 bits per heavy atom. The third kappa shape index (κ3) is 9.44. The lowest BCUT2D eigenvalue weighted by molar-refractivity contribution is -0.274. The van der Waals surface area contributed by atoms with Gasteiger partial charge in [0.25, 0.3) is 0 Å². The Morgan fingerprint density at radius 2 is 1.78 bits per heavy atom. The lowest BCUT2D eigenvalue weighted by atomic mass is 9.95. The van der Waals surface area contributed by atoms with Gasteiger partial charge in [0.2, 0.25) is 5.91 Å². The minimum absolute atomic E-state index is 0.0449. The number of amidine groups is 1. The standard InChI is InChI=1S/C31H25ClF6N6O4S/c1-2-18(19-3-5-20(6-4-19)27-40-17-43(42-27)22-8-10-23(11-9-22)48-31(36,37)38)14-39-28(46)41-29-44(26(45)15-49-29)24-13-21(32)7-12-25(24)47-16-30(33,34)35/h3-13,17-18H,2,14-16H2,1H3,(H,39,46). The highest BCUT2D eigenvalue weighted by atomic mass is 35.5. The summed E-state index contributed by atoms with van der Waals surface area (Å²) < 4.78 is 86.0. The van der Waals surface area contributed by atoms with Crippen molar-refractivity contribution in [3.05, 3.63) is 83.6 Å². The molecule has 4 aromatic rings. The number of aliphatic imine (C=N–C) groups is 1. The fraction of sp³-hybridized carbons (Fsp3) is 0.258. The predicted molar refractivity (Wildman–Crippen MR) is 170 cm³/mol. The largest absolute Gasteiger partial charge is 0.573 e. The van der Waals surface area contributed by atoms with Crippen LogP contribution in [0.1, 0.15) is 24.8 Å². The van der Waals surface area contributed by atoms with E-state index in [0.29, 0.717) is 23.5 Å². The summed E-state index contributed by atoms with van der Waals surface area (Å²) in [5.41, 5.74) is 1.96. The number of carbonyl (C=O) groups is 2. The number of anilines is 1. The smallest absolute Gasteiger partial charge is 0.482 e. The predicted octanol–water partition coefficient (Wildman–Crippen LogP) is 7.77. The van der Waals surface area contributed by atoms with Gasteiger partial charge in [-0.15, -0.1) is 18.3 Å². The number of thioether (sulfide) groups is 1. The molecule has 1 atom stereocenters. The number of amides is 3. The Morgan fingerprint density at radius 3 is 2.43 bits per heavy atom. The van der Waals surface area contributed by atoms with Crippen molar-refractivity contribution >= 4 is 46.2 Å². The number of ether oxygens (including phenoxy) is 2. The molecule has 1 saturated heterocycles. The highest BCUT2D eigenvalue weighted by molar-refractivity contribution is 8.15. The van der Waals surface area contributed by atoms with E-state index in [4.69, 9.17) is 16.3 Å². The Bertz CT molecular complexity index is 1830. The molecule has 10 nitrogen and oxygen atoms in total. The maximum Gasteiger partial charge on any atom is 0.573 e. The number of nitrogens with one attached hydrogen (secondary N) is 1. The van der Waals surface area contributed by atoms with Gasteiger partial charge in [-0.3, -0.25) is 9.69 Å². The Hall–Kier alpha value is -4.77. The van der Waals surface area contributed by atoms with Crippen molar-refractivity contribution in [1.82, 2.24) is 20.1 Å². The number of carbonyl (C=O) groups excluding carboxylic acids is 2. The normalized spacial score (nSPS) is 15.1. The van der Waals surface area contributed by atoms with Crippen molar-refractivity contribution in [3.8, 4) is 28.6 Å². The van der Waals surface area contributed by atoms with Crippen LogP contribution in [0.15, 0.2) is 78.0 Å². The van der Waals surface area contributed by atoms with E-state index in [0.717, 1.165) is 22.2 Å². The first-order chi connectivity index (χ1) is 23.2. The van der Waals surface area contributed by atoms with Crippen LogP contribution in [-0.4, -0.2) is 63.3 Å². The average Bonchev–Trinajstić information content (AvgIpc) is 3.67. The molecular weight excluding hydrogens is 702 g/mol. The Balaban J connectivity index is 1.23. The first-order valence-corrected chi connectivity index (χ1v) is 15.7. The molecule has 0 spiro atoms. The Kier molecular flexibility index (Phi) is 10.7. The monoisotopic (exact) mass is 726 g/mol. The topological polar surface area (TPSA) is 111 Å². The van der Waals surface area contributed by atoms with Gasteiger partial charge in [-0.2, -0.15) is 18.2 Å². The second-order valence-corrected chi connectivity index (χ2v) is 11.8. The van der Waals surface area contributed by atoms with Crippen LogP contribution in [0.5, 0.6) is 11.5 Å². The zero-order chi connectivity index (χ0) is 35.3. The lowest BCUT2D eigenvalue weighted by Gasteiger charge is -2.21. The molecule has 258 valence electrons.